The molecule has 4 nitrogen and oxygen atoms in total. The predicted molar refractivity (Wildman–Crippen MR) is 105 cm³/mol. The van der Waals surface area contributed by atoms with E-state index in [4.69, 9.17) is 21.7 Å². The van der Waals surface area contributed by atoms with Crippen molar-refractivity contribution in [2.45, 2.75) is 39.2 Å². The van der Waals surface area contributed by atoms with Gasteiger partial charge in [0.1, 0.15) is 10.8 Å². The molecule has 0 saturated carbocycles. The molecule has 0 aliphatic heterocycles. The number of ether oxygens (including phenoxy) is 1. The quantitative estimate of drug-likeness (QED) is 0.364. The number of pyridine rings is 1. The van der Waals surface area contributed by atoms with Crippen molar-refractivity contribution in [3.05, 3.63) is 58.4 Å². The zero-order valence-electron chi connectivity index (χ0n) is 15.1. The van der Waals surface area contributed by atoms with Gasteiger partial charge in [-0.15, -0.1) is 0 Å². The summed E-state index contributed by atoms with van der Waals surface area (Å²) in [7, 11) is 1.86. The molecule has 0 atom stereocenters. The number of rotatable bonds is 9. The minimum absolute atomic E-state index is 0.309. The lowest BCUT2D eigenvalue weighted by Crippen LogP contribution is -2.11. The number of aromatic nitrogens is 1. The van der Waals surface area contributed by atoms with Crippen LogP contribution in [0.3, 0.4) is 0 Å². The van der Waals surface area contributed by atoms with E-state index in [1.165, 1.54) is 0 Å². The molecule has 2 N–H and O–H groups in total. The van der Waals surface area contributed by atoms with Crippen molar-refractivity contribution in [2.24, 2.45) is 0 Å². The monoisotopic (exact) mass is 359 g/mol. The Kier molecular flexibility index (Phi) is 7.41. The number of nitrogens with one attached hydrogen (secondary N) is 2. The third-order valence-corrected chi connectivity index (χ3v) is 4.20. The van der Waals surface area contributed by atoms with Gasteiger partial charge in [0.15, 0.2) is 0 Å². The van der Waals surface area contributed by atoms with E-state index in [1.54, 1.807) is 0 Å². The molecule has 0 fully saturated rings. The molecule has 2 rings (SSSR count). The molecule has 2 aromatic rings. The Morgan fingerprint density at radius 1 is 1.28 bits per heavy atom. The maximum Gasteiger partial charge on any atom is 0.130 e. The molecule has 134 valence electrons. The van der Waals surface area contributed by atoms with E-state index in [2.05, 4.69) is 24.1 Å². The van der Waals surface area contributed by atoms with Crippen LogP contribution < -0.4 is 5.32 Å². The molecule has 0 spiro atoms. The Labute approximate surface area is 155 Å². The lowest BCUT2D eigenvalue weighted by Gasteiger charge is -2.17. The molecule has 0 radical (unpaired) electrons. The number of hydrogen-bond acceptors (Lipinski definition) is 4. The highest BCUT2D eigenvalue weighted by atomic mass is 35.5. The van der Waals surface area contributed by atoms with Crippen molar-refractivity contribution in [1.82, 2.24) is 4.98 Å². The minimum atomic E-state index is 0.309. The van der Waals surface area contributed by atoms with Gasteiger partial charge in [-0.05, 0) is 36.0 Å². The second-order valence-electron chi connectivity index (χ2n) is 6.28. The van der Waals surface area contributed by atoms with Gasteiger partial charge in [0.2, 0.25) is 0 Å². The van der Waals surface area contributed by atoms with Crippen LogP contribution >= 0.6 is 11.6 Å². The molecular formula is C20H26ClN3O. The third-order valence-electron chi connectivity index (χ3n) is 4.00. The van der Waals surface area contributed by atoms with E-state index >= 15 is 0 Å². The summed E-state index contributed by atoms with van der Waals surface area (Å²) in [6.07, 6.45) is 1.38. The van der Waals surface area contributed by atoms with E-state index in [9.17, 15) is 0 Å². The van der Waals surface area contributed by atoms with Gasteiger partial charge in [-0.3, -0.25) is 0 Å². The first-order chi connectivity index (χ1) is 12.0. The average molecular weight is 360 g/mol. The zero-order valence-corrected chi connectivity index (χ0v) is 15.9. The zero-order chi connectivity index (χ0) is 18.2. The Balaban J connectivity index is 1.92. The lowest BCUT2D eigenvalue weighted by atomic mass is 9.98. The van der Waals surface area contributed by atoms with Gasteiger partial charge < -0.3 is 15.5 Å². The minimum Gasteiger partial charge on any atom is -0.386 e. The van der Waals surface area contributed by atoms with E-state index < -0.39 is 0 Å². The van der Waals surface area contributed by atoms with Gasteiger partial charge in [-0.25, -0.2) is 4.98 Å². The fraction of sp³-hybridized carbons (Fsp3) is 0.400. The van der Waals surface area contributed by atoms with Crippen LogP contribution in [0.5, 0.6) is 0 Å². The number of nitrogens with zero attached hydrogens (tertiary/aromatic N) is 1. The summed E-state index contributed by atoms with van der Waals surface area (Å²) in [4.78, 5) is 4.37. The lowest BCUT2D eigenvalue weighted by molar-refractivity contribution is 0.120. The Hall–Kier alpha value is -1.91. The van der Waals surface area contributed by atoms with Gasteiger partial charge in [0.25, 0.3) is 0 Å². The van der Waals surface area contributed by atoms with E-state index in [0.29, 0.717) is 42.1 Å². The van der Waals surface area contributed by atoms with Crippen LogP contribution in [0.2, 0.25) is 5.15 Å². The highest BCUT2D eigenvalue weighted by Gasteiger charge is 2.16. The smallest absolute Gasteiger partial charge is 0.130 e. The van der Waals surface area contributed by atoms with Crippen molar-refractivity contribution < 1.29 is 4.74 Å². The van der Waals surface area contributed by atoms with Gasteiger partial charge in [-0.1, -0.05) is 55.8 Å². The fourth-order valence-electron chi connectivity index (χ4n) is 2.70. The van der Waals surface area contributed by atoms with Crippen LogP contribution in [0.25, 0.3) is 0 Å². The molecule has 0 aliphatic rings. The largest absolute Gasteiger partial charge is 0.386 e. The summed E-state index contributed by atoms with van der Waals surface area (Å²) in [5.41, 5.74) is 4.27. The molecule has 1 aromatic carbocycles. The van der Waals surface area contributed by atoms with Gasteiger partial charge in [0, 0.05) is 13.7 Å². The summed E-state index contributed by atoms with van der Waals surface area (Å²) in [5, 5.41) is 12.0. The number of anilines is 1. The molecule has 0 aliphatic carbocycles. The summed E-state index contributed by atoms with van der Waals surface area (Å²) in [6, 6.07) is 12.0. The van der Waals surface area contributed by atoms with Gasteiger partial charge in [0.05, 0.1) is 18.0 Å². The summed E-state index contributed by atoms with van der Waals surface area (Å²) < 4.78 is 5.69. The van der Waals surface area contributed by atoms with Crippen molar-refractivity contribution in [3.63, 3.8) is 0 Å². The first kappa shape index (κ1) is 19.4. The topological polar surface area (TPSA) is 58.0 Å². The third kappa shape index (κ3) is 5.55. The van der Waals surface area contributed by atoms with E-state index in [-0.39, 0.29) is 0 Å². The molecule has 0 saturated heterocycles. The molecular weight excluding hydrogens is 334 g/mol. The van der Waals surface area contributed by atoms with Crippen LogP contribution in [-0.2, 0) is 11.3 Å². The number of benzene rings is 1. The maximum absolute atomic E-state index is 8.39. The number of halogens is 1. The highest BCUT2D eigenvalue weighted by molar-refractivity contribution is 6.29. The van der Waals surface area contributed by atoms with Crippen molar-refractivity contribution in [3.8, 4) is 0 Å². The maximum atomic E-state index is 8.39. The van der Waals surface area contributed by atoms with Gasteiger partial charge >= 0.3 is 0 Å². The van der Waals surface area contributed by atoms with Crippen molar-refractivity contribution in [2.75, 3.05) is 19.0 Å². The van der Waals surface area contributed by atoms with Crippen LogP contribution in [-0.4, -0.2) is 24.4 Å². The SMILES string of the molecule is CNc1c(C(C)C)cc(Cl)nc1C(=N)CCCOCc1ccccc1. The van der Waals surface area contributed by atoms with Crippen molar-refractivity contribution in [1.29, 1.82) is 5.41 Å². The van der Waals surface area contributed by atoms with E-state index in [1.807, 2.05) is 43.4 Å². The molecule has 5 heteroatoms. The first-order valence-electron chi connectivity index (χ1n) is 8.60. The van der Waals surface area contributed by atoms with E-state index in [0.717, 1.165) is 23.2 Å². The summed E-state index contributed by atoms with van der Waals surface area (Å²) >= 11 is 6.16. The van der Waals surface area contributed by atoms with Crippen LogP contribution in [0.1, 0.15) is 49.4 Å². The fourth-order valence-corrected chi connectivity index (χ4v) is 2.90. The summed E-state index contributed by atoms with van der Waals surface area (Å²) in [6.45, 7) is 5.43. The number of hydrogen-bond donors (Lipinski definition) is 2. The van der Waals surface area contributed by atoms with Crippen molar-refractivity contribution >= 4 is 23.0 Å². The first-order valence-corrected chi connectivity index (χ1v) is 8.98. The Morgan fingerprint density at radius 2 is 2.00 bits per heavy atom. The predicted octanol–water partition coefficient (Wildman–Crippen LogP) is 5.26. The van der Waals surface area contributed by atoms with Crippen LogP contribution in [0, 0.1) is 5.41 Å². The molecule has 1 heterocycles. The standard InChI is InChI=1S/C20H26ClN3O/c1-14(2)16-12-18(21)24-20(19(16)23-3)17(22)10-7-11-25-13-15-8-5-4-6-9-15/h4-6,8-9,12,14,22-23H,7,10-11,13H2,1-3H3. The molecule has 0 amide bonds. The highest BCUT2D eigenvalue weighted by Crippen LogP contribution is 2.30. The molecule has 1 aromatic heterocycles. The second kappa shape index (κ2) is 9.54. The second-order valence-corrected chi connectivity index (χ2v) is 6.67. The normalized spacial score (nSPS) is 10.9. The van der Waals surface area contributed by atoms with Crippen LogP contribution in [0.15, 0.2) is 36.4 Å². The summed E-state index contributed by atoms with van der Waals surface area (Å²) in [5.74, 6) is 0.309. The molecule has 0 bridgehead atoms. The Morgan fingerprint density at radius 3 is 2.64 bits per heavy atom. The van der Waals surface area contributed by atoms with Gasteiger partial charge in [-0.2, -0.15) is 0 Å². The Bertz CT molecular complexity index is 702. The van der Waals surface area contributed by atoms with Crippen LogP contribution in [0.4, 0.5) is 5.69 Å². The molecule has 0 unspecified atom stereocenters. The average Bonchev–Trinajstić information content (AvgIpc) is 2.61. The molecule has 25 heavy (non-hydrogen) atoms.